The standard InChI is InChI=1S/C15H28N2O/c1-12-10-16-9-5-4-6-13(16)11-17(12)14-7-2-3-8-15(14)18/h12-15,18H,2-11H2,1H3/t12?,13?,14-,15-/m1/s1. The highest BCUT2D eigenvalue weighted by Gasteiger charge is 2.38. The topological polar surface area (TPSA) is 26.7 Å². The van der Waals surface area contributed by atoms with E-state index >= 15 is 0 Å². The Labute approximate surface area is 111 Å². The third kappa shape index (κ3) is 2.45. The molecule has 3 nitrogen and oxygen atoms in total. The van der Waals surface area contributed by atoms with E-state index < -0.39 is 0 Å². The molecule has 0 amide bonds. The number of fused-ring (bicyclic) bond motifs is 1. The molecule has 18 heavy (non-hydrogen) atoms. The predicted octanol–water partition coefficient (Wildman–Crippen LogP) is 1.85. The summed E-state index contributed by atoms with van der Waals surface area (Å²) in [5, 5.41) is 10.3. The third-order valence-corrected chi connectivity index (χ3v) is 5.36. The Balaban J connectivity index is 1.67. The average Bonchev–Trinajstić information content (AvgIpc) is 2.39. The molecule has 2 aliphatic heterocycles. The van der Waals surface area contributed by atoms with Gasteiger partial charge in [-0.1, -0.05) is 19.3 Å². The van der Waals surface area contributed by atoms with Crippen LogP contribution in [0.25, 0.3) is 0 Å². The summed E-state index contributed by atoms with van der Waals surface area (Å²) in [4.78, 5) is 5.33. The number of piperidine rings is 1. The Bertz CT molecular complexity index is 284. The fourth-order valence-electron chi connectivity index (χ4n) is 4.32. The molecule has 3 aliphatic rings. The Morgan fingerprint density at radius 3 is 2.56 bits per heavy atom. The van der Waals surface area contributed by atoms with Crippen molar-refractivity contribution in [2.45, 2.75) is 76.1 Å². The molecule has 0 spiro atoms. The normalized spacial score (nSPS) is 43.7. The van der Waals surface area contributed by atoms with E-state index in [1.807, 2.05) is 0 Å². The Kier molecular flexibility index (Phi) is 3.92. The fourth-order valence-corrected chi connectivity index (χ4v) is 4.32. The highest BCUT2D eigenvalue weighted by Crippen LogP contribution is 2.30. The molecule has 1 aliphatic carbocycles. The van der Waals surface area contributed by atoms with Gasteiger partial charge in [-0.3, -0.25) is 9.80 Å². The van der Waals surface area contributed by atoms with Gasteiger partial charge in [-0.15, -0.1) is 0 Å². The van der Waals surface area contributed by atoms with Gasteiger partial charge >= 0.3 is 0 Å². The van der Waals surface area contributed by atoms with Crippen LogP contribution < -0.4 is 0 Å². The van der Waals surface area contributed by atoms with Gasteiger partial charge in [0.1, 0.15) is 0 Å². The van der Waals surface area contributed by atoms with Crippen LogP contribution in [0.3, 0.4) is 0 Å². The molecule has 3 heteroatoms. The van der Waals surface area contributed by atoms with Crippen LogP contribution in [0.1, 0.15) is 51.9 Å². The first-order valence-corrected chi connectivity index (χ1v) is 7.93. The van der Waals surface area contributed by atoms with Gasteiger partial charge in [0.2, 0.25) is 0 Å². The molecule has 1 N–H and O–H groups in total. The van der Waals surface area contributed by atoms with Gasteiger partial charge in [0, 0.05) is 31.2 Å². The van der Waals surface area contributed by atoms with Crippen LogP contribution in [0.5, 0.6) is 0 Å². The first kappa shape index (κ1) is 12.9. The smallest absolute Gasteiger partial charge is 0.0695 e. The molecule has 0 bridgehead atoms. The second-order valence-corrected chi connectivity index (χ2v) is 6.61. The summed E-state index contributed by atoms with van der Waals surface area (Å²) in [7, 11) is 0. The SMILES string of the molecule is CC1CN2CCCCC2CN1[C@@H]1CCCC[C@H]1O. The van der Waals surface area contributed by atoms with E-state index in [1.54, 1.807) is 0 Å². The lowest BCUT2D eigenvalue weighted by Gasteiger charge is -2.51. The van der Waals surface area contributed by atoms with E-state index in [0.717, 1.165) is 12.5 Å². The lowest BCUT2D eigenvalue weighted by molar-refractivity contribution is -0.0560. The average molecular weight is 252 g/mol. The minimum Gasteiger partial charge on any atom is -0.391 e. The van der Waals surface area contributed by atoms with E-state index in [9.17, 15) is 5.11 Å². The fraction of sp³-hybridized carbons (Fsp3) is 1.00. The summed E-state index contributed by atoms with van der Waals surface area (Å²) >= 11 is 0. The zero-order chi connectivity index (χ0) is 12.5. The molecule has 0 aromatic heterocycles. The molecule has 1 saturated carbocycles. The molecule has 3 rings (SSSR count). The van der Waals surface area contributed by atoms with Crippen LogP contribution in [-0.2, 0) is 0 Å². The molecule has 0 aromatic carbocycles. The summed E-state index contributed by atoms with van der Waals surface area (Å²) in [6.07, 6.45) is 8.82. The molecule has 4 atom stereocenters. The van der Waals surface area contributed by atoms with Gasteiger partial charge in [-0.2, -0.15) is 0 Å². The number of piperazine rings is 1. The highest BCUT2D eigenvalue weighted by molar-refractivity contribution is 4.94. The summed E-state index contributed by atoms with van der Waals surface area (Å²) in [6, 6.07) is 1.83. The van der Waals surface area contributed by atoms with Crippen LogP contribution in [-0.4, -0.2) is 58.8 Å². The predicted molar refractivity (Wildman–Crippen MR) is 73.6 cm³/mol. The zero-order valence-corrected chi connectivity index (χ0v) is 11.7. The van der Waals surface area contributed by atoms with Crippen molar-refractivity contribution < 1.29 is 5.11 Å². The van der Waals surface area contributed by atoms with Crippen molar-refractivity contribution in [3.8, 4) is 0 Å². The molecular formula is C15H28N2O. The van der Waals surface area contributed by atoms with Gasteiger partial charge in [0.15, 0.2) is 0 Å². The lowest BCUT2D eigenvalue weighted by Crippen LogP contribution is -2.63. The van der Waals surface area contributed by atoms with Gasteiger partial charge < -0.3 is 5.11 Å². The van der Waals surface area contributed by atoms with Gasteiger partial charge in [-0.05, 0) is 39.2 Å². The molecular weight excluding hydrogens is 224 g/mol. The highest BCUT2D eigenvalue weighted by atomic mass is 16.3. The number of aliphatic hydroxyl groups excluding tert-OH is 1. The summed E-state index contributed by atoms with van der Waals surface area (Å²) in [6.45, 7) is 6.07. The van der Waals surface area contributed by atoms with Crippen LogP contribution in [0.15, 0.2) is 0 Å². The molecule has 3 fully saturated rings. The van der Waals surface area contributed by atoms with E-state index in [2.05, 4.69) is 16.7 Å². The minimum atomic E-state index is -0.0728. The number of aliphatic hydroxyl groups is 1. The van der Waals surface area contributed by atoms with E-state index in [4.69, 9.17) is 0 Å². The quantitative estimate of drug-likeness (QED) is 0.771. The van der Waals surface area contributed by atoms with Crippen LogP contribution in [0.2, 0.25) is 0 Å². The van der Waals surface area contributed by atoms with Crippen molar-refractivity contribution in [2.75, 3.05) is 19.6 Å². The molecule has 2 unspecified atom stereocenters. The van der Waals surface area contributed by atoms with Crippen LogP contribution in [0.4, 0.5) is 0 Å². The molecule has 0 radical (unpaired) electrons. The largest absolute Gasteiger partial charge is 0.391 e. The Morgan fingerprint density at radius 1 is 0.944 bits per heavy atom. The number of rotatable bonds is 1. The van der Waals surface area contributed by atoms with Crippen molar-refractivity contribution in [2.24, 2.45) is 0 Å². The second-order valence-electron chi connectivity index (χ2n) is 6.61. The monoisotopic (exact) mass is 252 g/mol. The van der Waals surface area contributed by atoms with Crippen LogP contribution in [0, 0.1) is 0 Å². The number of hydrogen-bond acceptors (Lipinski definition) is 3. The molecule has 104 valence electrons. The lowest BCUT2D eigenvalue weighted by atomic mass is 9.88. The summed E-state index contributed by atoms with van der Waals surface area (Å²) < 4.78 is 0. The van der Waals surface area contributed by atoms with E-state index in [1.165, 1.54) is 58.2 Å². The van der Waals surface area contributed by atoms with Crippen molar-refractivity contribution >= 4 is 0 Å². The van der Waals surface area contributed by atoms with Crippen molar-refractivity contribution in [1.29, 1.82) is 0 Å². The van der Waals surface area contributed by atoms with E-state index in [0.29, 0.717) is 12.1 Å². The zero-order valence-electron chi connectivity index (χ0n) is 11.7. The maximum absolute atomic E-state index is 10.3. The number of nitrogens with zero attached hydrogens (tertiary/aromatic N) is 2. The van der Waals surface area contributed by atoms with Gasteiger partial charge in [-0.25, -0.2) is 0 Å². The van der Waals surface area contributed by atoms with E-state index in [-0.39, 0.29) is 6.10 Å². The summed E-state index contributed by atoms with van der Waals surface area (Å²) in [5.41, 5.74) is 0. The van der Waals surface area contributed by atoms with Gasteiger partial charge in [0.25, 0.3) is 0 Å². The molecule has 2 saturated heterocycles. The maximum atomic E-state index is 10.3. The molecule has 2 heterocycles. The second kappa shape index (κ2) is 5.48. The Morgan fingerprint density at radius 2 is 1.72 bits per heavy atom. The first-order chi connectivity index (χ1) is 8.75. The minimum absolute atomic E-state index is 0.0728. The molecule has 0 aromatic rings. The van der Waals surface area contributed by atoms with Crippen LogP contribution >= 0.6 is 0 Å². The van der Waals surface area contributed by atoms with Gasteiger partial charge in [0.05, 0.1) is 6.10 Å². The third-order valence-electron chi connectivity index (χ3n) is 5.36. The number of hydrogen-bond donors (Lipinski definition) is 1. The maximum Gasteiger partial charge on any atom is 0.0695 e. The van der Waals surface area contributed by atoms with Crippen molar-refractivity contribution in [3.63, 3.8) is 0 Å². The summed E-state index contributed by atoms with van der Waals surface area (Å²) in [5.74, 6) is 0. The first-order valence-electron chi connectivity index (χ1n) is 7.93. The Hall–Kier alpha value is -0.120. The van der Waals surface area contributed by atoms with Crippen molar-refractivity contribution in [1.82, 2.24) is 9.80 Å². The van der Waals surface area contributed by atoms with Crippen molar-refractivity contribution in [3.05, 3.63) is 0 Å².